The number of aryl methyl sites for hydroxylation is 1. The molecule has 3 rings (SSSR count). The molecule has 3 aromatic rings. The van der Waals surface area contributed by atoms with Crippen LogP contribution in [0.2, 0.25) is 0 Å². The zero-order chi connectivity index (χ0) is 16.2. The summed E-state index contributed by atoms with van der Waals surface area (Å²) in [5, 5.41) is 12.2. The Morgan fingerprint density at radius 3 is 2.70 bits per heavy atom. The van der Waals surface area contributed by atoms with Crippen LogP contribution in [0.3, 0.4) is 0 Å². The third kappa shape index (κ3) is 3.72. The Balaban J connectivity index is 1.61. The van der Waals surface area contributed by atoms with E-state index in [1.807, 2.05) is 43.5 Å². The lowest BCUT2D eigenvalue weighted by atomic mass is 10.1. The van der Waals surface area contributed by atoms with Crippen molar-refractivity contribution in [2.75, 3.05) is 5.32 Å². The summed E-state index contributed by atoms with van der Waals surface area (Å²) in [7, 11) is 0. The van der Waals surface area contributed by atoms with Gasteiger partial charge in [-0.2, -0.15) is 5.10 Å². The van der Waals surface area contributed by atoms with E-state index < -0.39 is 0 Å². The summed E-state index contributed by atoms with van der Waals surface area (Å²) in [5.41, 5.74) is 2.81. The highest BCUT2D eigenvalue weighted by molar-refractivity contribution is 7.13. The van der Waals surface area contributed by atoms with Crippen LogP contribution in [0.15, 0.2) is 42.3 Å². The van der Waals surface area contributed by atoms with Gasteiger partial charge in [0.2, 0.25) is 0 Å². The standard InChI is InChI=1S/C15H16N6OS/c1-10-7-23-15(18-10)20-14(22)19-11(2)12-3-5-13(6-4-12)21-9-16-8-17-21/h3-9,11H,1-2H3,(H2,18,19,20,22). The number of carbonyl (C=O) groups excluding carboxylic acids is 1. The van der Waals surface area contributed by atoms with Crippen molar-refractivity contribution in [2.45, 2.75) is 19.9 Å². The Morgan fingerprint density at radius 2 is 2.09 bits per heavy atom. The Labute approximate surface area is 137 Å². The van der Waals surface area contributed by atoms with Crippen molar-refractivity contribution < 1.29 is 4.79 Å². The van der Waals surface area contributed by atoms with Crippen molar-refractivity contribution in [1.82, 2.24) is 25.1 Å². The van der Waals surface area contributed by atoms with Gasteiger partial charge in [-0.25, -0.2) is 19.4 Å². The fraction of sp³-hybridized carbons (Fsp3) is 0.200. The second-order valence-corrected chi connectivity index (χ2v) is 5.90. The first-order valence-electron chi connectivity index (χ1n) is 7.06. The SMILES string of the molecule is Cc1csc(NC(=O)NC(C)c2ccc(-n3cncn3)cc2)n1. The summed E-state index contributed by atoms with van der Waals surface area (Å²) in [6.07, 6.45) is 3.13. The molecule has 0 saturated carbocycles. The Kier molecular flexibility index (Phi) is 4.33. The van der Waals surface area contributed by atoms with Gasteiger partial charge in [0, 0.05) is 5.38 Å². The minimum atomic E-state index is -0.271. The Hall–Kier alpha value is -2.74. The van der Waals surface area contributed by atoms with Gasteiger partial charge < -0.3 is 5.32 Å². The van der Waals surface area contributed by atoms with Gasteiger partial charge in [0.05, 0.1) is 17.4 Å². The molecule has 2 heterocycles. The van der Waals surface area contributed by atoms with E-state index in [1.165, 1.54) is 17.7 Å². The molecular weight excluding hydrogens is 312 g/mol. The topological polar surface area (TPSA) is 84.7 Å². The minimum Gasteiger partial charge on any atom is -0.331 e. The fourth-order valence-electron chi connectivity index (χ4n) is 2.08. The maximum absolute atomic E-state index is 12.0. The van der Waals surface area contributed by atoms with E-state index in [9.17, 15) is 4.79 Å². The maximum atomic E-state index is 12.0. The summed E-state index contributed by atoms with van der Waals surface area (Å²) >= 11 is 1.40. The lowest BCUT2D eigenvalue weighted by molar-refractivity contribution is 0.249. The van der Waals surface area contributed by atoms with E-state index in [4.69, 9.17) is 0 Å². The summed E-state index contributed by atoms with van der Waals surface area (Å²) < 4.78 is 1.68. The Morgan fingerprint density at radius 1 is 1.30 bits per heavy atom. The van der Waals surface area contributed by atoms with Crippen molar-refractivity contribution in [2.24, 2.45) is 0 Å². The number of urea groups is 1. The quantitative estimate of drug-likeness (QED) is 0.771. The average Bonchev–Trinajstić information content (AvgIpc) is 3.19. The molecule has 0 radical (unpaired) electrons. The molecule has 1 atom stereocenters. The van der Waals surface area contributed by atoms with Crippen LogP contribution >= 0.6 is 11.3 Å². The minimum absolute atomic E-state index is 0.124. The molecule has 2 aromatic heterocycles. The monoisotopic (exact) mass is 328 g/mol. The molecule has 0 aliphatic carbocycles. The number of nitrogens with one attached hydrogen (secondary N) is 2. The van der Waals surface area contributed by atoms with E-state index >= 15 is 0 Å². The zero-order valence-electron chi connectivity index (χ0n) is 12.7. The molecule has 0 spiro atoms. The van der Waals surface area contributed by atoms with Gasteiger partial charge >= 0.3 is 6.03 Å². The van der Waals surface area contributed by atoms with E-state index in [1.54, 1.807) is 11.0 Å². The first kappa shape index (κ1) is 15.2. The maximum Gasteiger partial charge on any atom is 0.321 e. The highest BCUT2D eigenvalue weighted by Gasteiger charge is 2.11. The van der Waals surface area contributed by atoms with Crippen molar-refractivity contribution in [3.05, 3.63) is 53.6 Å². The van der Waals surface area contributed by atoms with Gasteiger partial charge in [0.15, 0.2) is 5.13 Å². The predicted octanol–water partition coefficient (Wildman–Crippen LogP) is 2.91. The highest BCUT2D eigenvalue weighted by atomic mass is 32.1. The third-order valence-electron chi connectivity index (χ3n) is 3.26. The lowest BCUT2D eigenvalue weighted by Gasteiger charge is -2.14. The number of hydrogen-bond acceptors (Lipinski definition) is 5. The molecular formula is C15H16N6OS. The molecule has 0 fully saturated rings. The van der Waals surface area contributed by atoms with Crippen LogP contribution in [0.1, 0.15) is 24.2 Å². The van der Waals surface area contributed by atoms with Gasteiger partial charge in [0.25, 0.3) is 0 Å². The van der Waals surface area contributed by atoms with Gasteiger partial charge in [-0.3, -0.25) is 5.32 Å². The normalized spacial score (nSPS) is 11.9. The van der Waals surface area contributed by atoms with Gasteiger partial charge in [-0.15, -0.1) is 11.3 Å². The summed E-state index contributed by atoms with van der Waals surface area (Å²) in [5.74, 6) is 0. The largest absolute Gasteiger partial charge is 0.331 e. The van der Waals surface area contributed by atoms with Crippen molar-refractivity contribution in [3.8, 4) is 5.69 Å². The number of benzene rings is 1. The van der Waals surface area contributed by atoms with E-state index in [0.717, 1.165) is 16.9 Å². The first-order chi connectivity index (χ1) is 11.1. The van der Waals surface area contributed by atoms with Gasteiger partial charge in [0.1, 0.15) is 12.7 Å². The second-order valence-electron chi connectivity index (χ2n) is 5.05. The van der Waals surface area contributed by atoms with Crippen molar-refractivity contribution >= 4 is 22.5 Å². The van der Waals surface area contributed by atoms with Crippen LogP contribution in [-0.2, 0) is 0 Å². The zero-order valence-corrected chi connectivity index (χ0v) is 13.5. The highest BCUT2D eigenvalue weighted by Crippen LogP contribution is 2.17. The fourth-order valence-corrected chi connectivity index (χ4v) is 2.77. The molecule has 0 saturated heterocycles. The lowest BCUT2D eigenvalue weighted by Crippen LogP contribution is -2.31. The van der Waals surface area contributed by atoms with Gasteiger partial charge in [-0.05, 0) is 31.5 Å². The molecule has 8 heteroatoms. The molecule has 23 heavy (non-hydrogen) atoms. The van der Waals surface area contributed by atoms with E-state index in [2.05, 4.69) is 25.7 Å². The number of rotatable bonds is 4. The molecule has 0 aliphatic rings. The van der Waals surface area contributed by atoms with E-state index in [-0.39, 0.29) is 12.1 Å². The smallest absolute Gasteiger partial charge is 0.321 e. The molecule has 0 bridgehead atoms. The number of aromatic nitrogens is 4. The molecule has 1 unspecified atom stereocenters. The summed E-state index contributed by atoms with van der Waals surface area (Å²) in [4.78, 5) is 20.1. The molecule has 0 aliphatic heterocycles. The second kappa shape index (κ2) is 6.57. The number of thiazole rings is 1. The Bertz CT molecular complexity index is 781. The number of amides is 2. The van der Waals surface area contributed by atoms with Crippen LogP contribution in [0.4, 0.5) is 9.93 Å². The van der Waals surface area contributed by atoms with Crippen LogP contribution in [-0.4, -0.2) is 25.8 Å². The molecule has 7 nitrogen and oxygen atoms in total. The number of carbonyl (C=O) groups is 1. The molecule has 1 aromatic carbocycles. The van der Waals surface area contributed by atoms with Crippen LogP contribution in [0.25, 0.3) is 5.69 Å². The molecule has 2 amide bonds. The predicted molar refractivity (Wildman–Crippen MR) is 88.8 cm³/mol. The molecule has 2 N–H and O–H groups in total. The third-order valence-corrected chi connectivity index (χ3v) is 4.14. The van der Waals surface area contributed by atoms with Crippen molar-refractivity contribution in [3.63, 3.8) is 0 Å². The first-order valence-corrected chi connectivity index (χ1v) is 7.94. The summed E-state index contributed by atoms with van der Waals surface area (Å²) in [6.45, 7) is 3.82. The number of nitrogens with zero attached hydrogens (tertiary/aromatic N) is 4. The van der Waals surface area contributed by atoms with Crippen LogP contribution in [0.5, 0.6) is 0 Å². The summed E-state index contributed by atoms with van der Waals surface area (Å²) in [6, 6.07) is 7.38. The van der Waals surface area contributed by atoms with Gasteiger partial charge in [-0.1, -0.05) is 12.1 Å². The molecule has 118 valence electrons. The average molecular weight is 328 g/mol. The number of hydrogen-bond donors (Lipinski definition) is 2. The number of anilines is 1. The van der Waals surface area contributed by atoms with E-state index in [0.29, 0.717) is 5.13 Å². The van der Waals surface area contributed by atoms with Crippen LogP contribution in [0, 0.1) is 6.92 Å². The van der Waals surface area contributed by atoms with Crippen LogP contribution < -0.4 is 10.6 Å². The van der Waals surface area contributed by atoms with Crippen molar-refractivity contribution in [1.29, 1.82) is 0 Å².